The molecule has 1 aromatic heterocycles. The molecule has 0 saturated heterocycles. The molecule has 0 radical (unpaired) electrons. The molecule has 0 bridgehead atoms. The summed E-state index contributed by atoms with van der Waals surface area (Å²) in [6.07, 6.45) is 1.18. The summed E-state index contributed by atoms with van der Waals surface area (Å²) in [5, 5.41) is 7.45. The highest BCUT2D eigenvalue weighted by atomic mass is 32.2. The highest BCUT2D eigenvalue weighted by Crippen LogP contribution is 2.16. The number of hydrogen-bond acceptors (Lipinski definition) is 4. The molecule has 17 heavy (non-hydrogen) atoms. The lowest BCUT2D eigenvalue weighted by molar-refractivity contribution is 0.399. The van der Waals surface area contributed by atoms with Crippen molar-refractivity contribution < 1.29 is 8.42 Å². The smallest absolute Gasteiger partial charge is 0.209 e. The molecule has 1 aromatic rings. The zero-order valence-corrected chi connectivity index (χ0v) is 12.3. The molecule has 2 N–H and O–H groups in total. The second kappa shape index (κ2) is 5.48. The Kier molecular flexibility index (Phi) is 4.71. The van der Waals surface area contributed by atoms with Gasteiger partial charge in [0, 0.05) is 18.1 Å². The molecule has 0 saturated carbocycles. The summed E-state index contributed by atoms with van der Waals surface area (Å²) >= 11 is 1.66. The van der Waals surface area contributed by atoms with E-state index in [0.717, 1.165) is 0 Å². The fourth-order valence-corrected chi connectivity index (χ4v) is 3.42. The van der Waals surface area contributed by atoms with E-state index < -0.39 is 15.6 Å². The molecule has 0 fully saturated rings. The van der Waals surface area contributed by atoms with Gasteiger partial charge in [-0.1, -0.05) is 0 Å². The maximum absolute atomic E-state index is 11.2. The summed E-state index contributed by atoms with van der Waals surface area (Å²) in [4.78, 5) is 0. The van der Waals surface area contributed by atoms with Crippen molar-refractivity contribution in [2.45, 2.75) is 32.4 Å². The Hall–Kier alpha value is -0.430. The van der Waals surface area contributed by atoms with E-state index in [-0.39, 0.29) is 6.04 Å². The van der Waals surface area contributed by atoms with Gasteiger partial charge in [0.05, 0.1) is 6.26 Å². The average Bonchev–Trinajstić information content (AvgIpc) is 2.63. The molecule has 0 aliphatic carbocycles. The molecular formula is C11H20N2O2S2. The van der Waals surface area contributed by atoms with Crippen LogP contribution in [0, 0.1) is 0 Å². The lowest BCUT2D eigenvalue weighted by atomic mass is 10.1. The Morgan fingerprint density at radius 3 is 2.59 bits per heavy atom. The van der Waals surface area contributed by atoms with Crippen molar-refractivity contribution in [2.75, 3.05) is 12.8 Å². The largest absolute Gasteiger partial charge is 0.308 e. The van der Waals surface area contributed by atoms with E-state index in [1.54, 1.807) is 11.3 Å². The van der Waals surface area contributed by atoms with Gasteiger partial charge in [-0.25, -0.2) is 13.1 Å². The van der Waals surface area contributed by atoms with E-state index in [1.165, 1.54) is 11.8 Å². The molecular weight excluding hydrogens is 256 g/mol. The van der Waals surface area contributed by atoms with Crippen LogP contribution in [-0.2, 0) is 10.0 Å². The fraction of sp³-hybridized carbons (Fsp3) is 0.636. The highest BCUT2D eigenvalue weighted by molar-refractivity contribution is 7.88. The van der Waals surface area contributed by atoms with Gasteiger partial charge in [0.25, 0.3) is 0 Å². The Morgan fingerprint density at radius 1 is 1.47 bits per heavy atom. The van der Waals surface area contributed by atoms with Crippen molar-refractivity contribution in [3.8, 4) is 0 Å². The molecule has 0 aromatic carbocycles. The molecule has 1 rings (SSSR count). The van der Waals surface area contributed by atoms with Crippen LogP contribution in [0.15, 0.2) is 16.8 Å². The van der Waals surface area contributed by atoms with E-state index in [9.17, 15) is 8.42 Å². The molecule has 0 amide bonds. The van der Waals surface area contributed by atoms with E-state index in [0.29, 0.717) is 6.54 Å². The van der Waals surface area contributed by atoms with Crippen LogP contribution in [-0.4, -0.2) is 26.8 Å². The summed E-state index contributed by atoms with van der Waals surface area (Å²) < 4.78 is 25.0. The third-order valence-electron chi connectivity index (χ3n) is 2.36. The molecule has 0 spiro atoms. The van der Waals surface area contributed by atoms with E-state index in [1.807, 2.05) is 19.2 Å². The standard InChI is InChI=1S/C11H20N2O2S2/c1-9(10-5-6-16-7-10)12-8-11(2,3)13-17(4,14)15/h5-7,9,12-13H,8H2,1-4H3. The molecule has 1 unspecified atom stereocenters. The average molecular weight is 276 g/mol. The number of hydrogen-bond donors (Lipinski definition) is 2. The first kappa shape index (κ1) is 14.6. The Labute approximate surface area is 107 Å². The molecule has 6 heteroatoms. The van der Waals surface area contributed by atoms with Crippen LogP contribution in [0.1, 0.15) is 32.4 Å². The molecule has 1 heterocycles. The minimum Gasteiger partial charge on any atom is -0.308 e. The molecule has 98 valence electrons. The number of sulfonamides is 1. The summed E-state index contributed by atoms with van der Waals surface area (Å²) in [6.45, 7) is 6.37. The Bertz CT molecular complexity index is 438. The first-order valence-corrected chi connectivity index (χ1v) is 8.27. The van der Waals surface area contributed by atoms with Gasteiger partial charge in [0.1, 0.15) is 0 Å². The number of nitrogens with one attached hydrogen (secondary N) is 2. The third-order valence-corrected chi connectivity index (χ3v) is 3.98. The van der Waals surface area contributed by atoms with Gasteiger partial charge in [0.15, 0.2) is 0 Å². The first-order valence-electron chi connectivity index (χ1n) is 5.44. The monoisotopic (exact) mass is 276 g/mol. The lowest BCUT2D eigenvalue weighted by Crippen LogP contribution is -2.50. The Balaban J connectivity index is 2.50. The molecule has 0 aliphatic rings. The SMILES string of the molecule is CC(NCC(C)(C)NS(C)(=O)=O)c1ccsc1. The van der Waals surface area contributed by atoms with Gasteiger partial charge < -0.3 is 5.32 Å². The minimum atomic E-state index is -3.17. The number of rotatable bonds is 6. The fourth-order valence-electron chi connectivity index (χ4n) is 1.59. The maximum Gasteiger partial charge on any atom is 0.209 e. The Morgan fingerprint density at radius 2 is 2.12 bits per heavy atom. The minimum absolute atomic E-state index is 0.224. The number of thiophene rings is 1. The maximum atomic E-state index is 11.2. The molecule has 4 nitrogen and oxygen atoms in total. The quantitative estimate of drug-likeness (QED) is 0.832. The third kappa shape index (κ3) is 5.63. The van der Waals surface area contributed by atoms with Crippen LogP contribution < -0.4 is 10.0 Å². The van der Waals surface area contributed by atoms with Crippen molar-refractivity contribution in [3.05, 3.63) is 22.4 Å². The van der Waals surface area contributed by atoms with Crippen LogP contribution in [0.3, 0.4) is 0 Å². The lowest BCUT2D eigenvalue weighted by Gasteiger charge is -2.27. The summed E-state index contributed by atoms with van der Waals surface area (Å²) in [6, 6.07) is 2.29. The second-order valence-electron chi connectivity index (χ2n) is 4.92. The van der Waals surface area contributed by atoms with Gasteiger partial charge in [-0.15, -0.1) is 0 Å². The second-order valence-corrected chi connectivity index (χ2v) is 7.45. The first-order chi connectivity index (χ1) is 7.70. The van der Waals surface area contributed by atoms with E-state index in [2.05, 4.69) is 28.4 Å². The summed E-state index contributed by atoms with van der Waals surface area (Å²) in [7, 11) is -3.17. The van der Waals surface area contributed by atoms with E-state index >= 15 is 0 Å². The predicted molar refractivity (Wildman–Crippen MR) is 72.8 cm³/mol. The van der Waals surface area contributed by atoms with Gasteiger partial charge in [-0.05, 0) is 43.2 Å². The van der Waals surface area contributed by atoms with Crippen LogP contribution in [0.4, 0.5) is 0 Å². The van der Waals surface area contributed by atoms with Crippen molar-refractivity contribution in [3.63, 3.8) is 0 Å². The van der Waals surface area contributed by atoms with Crippen LogP contribution in [0.25, 0.3) is 0 Å². The topological polar surface area (TPSA) is 58.2 Å². The van der Waals surface area contributed by atoms with Crippen molar-refractivity contribution in [1.82, 2.24) is 10.0 Å². The molecule has 0 aliphatic heterocycles. The van der Waals surface area contributed by atoms with E-state index in [4.69, 9.17) is 0 Å². The predicted octanol–water partition coefficient (Wildman–Crippen LogP) is 1.73. The van der Waals surface area contributed by atoms with Crippen LogP contribution in [0.2, 0.25) is 0 Å². The van der Waals surface area contributed by atoms with Gasteiger partial charge in [0.2, 0.25) is 10.0 Å². The highest BCUT2D eigenvalue weighted by Gasteiger charge is 2.22. The van der Waals surface area contributed by atoms with Crippen molar-refractivity contribution in [2.24, 2.45) is 0 Å². The molecule has 1 atom stereocenters. The summed E-state index contributed by atoms with van der Waals surface area (Å²) in [5.74, 6) is 0. The van der Waals surface area contributed by atoms with Crippen LogP contribution >= 0.6 is 11.3 Å². The summed E-state index contributed by atoms with van der Waals surface area (Å²) in [5.41, 5.74) is 0.739. The van der Waals surface area contributed by atoms with Crippen molar-refractivity contribution >= 4 is 21.4 Å². The zero-order valence-electron chi connectivity index (χ0n) is 10.6. The van der Waals surface area contributed by atoms with Crippen LogP contribution in [0.5, 0.6) is 0 Å². The van der Waals surface area contributed by atoms with Gasteiger partial charge in [-0.3, -0.25) is 0 Å². The van der Waals surface area contributed by atoms with Crippen molar-refractivity contribution in [1.29, 1.82) is 0 Å². The van der Waals surface area contributed by atoms with Gasteiger partial charge in [-0.2, -0.15) is 11.3 Å². The zero-order chi connectivity index (χ0) is 13.1. The van der Waals surface area contributed by atoms with Gasteiger partial charge >= 0.3 is 0 Å². The normalized spacial score (nSPS) is 14.8.